The molecule has 0 saturated heterocycles. The lowest BCUT2D eigenvalue weighted by atomic mass is 10.0. The number of Topliss-reactive ketones (excluding diaryl/α,β-unsaturated/α-hetero) is 1. The summed E-state index contributed by atoms with van der Waals surface area (Å²) in [7, 11) is 0. The van der Waals surface area contributed by atoms with Gasteiger partial charge in [0.05, 0.1) is 79.3 Å². The maximum absolute atomic E-state index is 12.4. The maximum atomic E-state index is 12.4. The predicted molar refractivity (Wildman–Crippen MR) is 278 cm³/mol. The minimum absolute atomic E-state index is 0.0306. The van der Waals surface area contributed by atoms with Crippen LogP contribution in [0.15, 0.2) is 0 Å². The van der Waals surface area contributed by atoms with Gasteiger partial charge in [-0.15, -0.1) is 0 Å². The number of rotatable bonds is 58. The number of unbranched alkanes of at least 4 members (excludes halogenated alkanes) is 17. The maximum Gasteiger partial charge on any atom is 0.326 e. The first-order valence-electron chi connectivity index (χ1n) is 27.3. The lowest BCUT2D eigenvalue weighted by molar-refractivity contribution is -0.142. The molecule has 5 amide bonds. The second kappa shape index (κ2) is 54.4. The van der Waals surface area contributed by atoms with Crippen LogP contribution in [0, 0.1) is 0 Å². The Morgan fingerprint density at radius 1 is 0.333 bits per heavy atom. The highest BCUT2D eigenvalue weighted by molar-refractivity contribution is 5.84. The number of hydrogen-bond donors (Lipinski definition) is 7. The monoisotopic (exact) mass is 1080 g/mol. The Hall–Kier alpha value is -4.36. The van der Waals surface area contributed by atoms with E-state index in [-0.39, 0.29) is 167 Å². The number of ketones is 1. The number of carbonyl (C=O) groups is 8. The third-order valence-electron chi connectivity index (χ3n) is 11.1. The molecule has 75 heavy (non-hydrogen) atoms. The Kier molecular flexibility index (Phi) is 51.3. The fourth-order valence-electron chi connectivity index (χ4n) is 7.07. The summed E-state index contributed by atoms with van der Waals surface area (Å²) < 4.78 is 42.3. The number of hydrogen-bond acceptors (Lipinski definition) is 16. The van der Waals surface area contributed by atoms with Crippen LogP contribution in [0.25, 0.3) is 0 Å². The van der Waals surface area contributed by atoms with E-state index in [2.05, 4.69) is 26.6 Å². The van der Waals surface area contributed by atoms with E-state index in [1.807, 2.05) is 0 Å². The first-order valence-corrected chi connectivity index (χ1v) is 27.3. The largest absolute Gasteiger partial charge is 0.481 e. The predicted octanol–water partition coefficient (Wildman–Crippen LogP) is 3.41. The van der Waals surface area contributed by atoms with Crippen LogP contribution in [-0.4, -0.2) is 195 Å². The molecule has 0 aromatic rings. The Labute approximate surface area is 445 Å². The van der Waals surface area contributed by atoms with Crippen LogP contribution in [-0.2, 0) is 76.3 Å². The van der Waals surface area contributed by atoms with Crippen molar-refractivity contribution in [3.05, 3.63) is 0 Å². The van der Waals surface area contributed by atoms with Crippen LogP contribution in [0.1, 0.15) is 148 Å². The molecular formula is C52H95N5O18. The second-order valence-corrected chi connectivity index (χ2v) is 18.0. The molecule has 0 aliphatic carbocycles. The van der Waals surface area contributed by atoms with Crippen LogP contribution in [0.5, 0.6) is 0 Å². The highest BCUT2D eigenvalue weighted by Crippen LogP contribution is 2.15. The quantitative estimate of drug-likeness (QED) is 0.0429. The molecule has 0 aromatic carbocycles. The molecule has 0 heterocycles. The lowest BCUT2D eigenvalue weighted by Gasteiger charge is -2.14. The molecule has 0 aromatic heterocycles. The molecule has 23 heteroatoms. The zero-order chi connectivity index (χ0) is 55.1. The molecule has 0 spiro atoms. The van der Waals surface area contributed by atoms with Gasteiger partial charge in [-0.2, -0.15) is 0 Å². The fourth-order valence-corrected chi connectivity index (χ4v) is 7.07. The Morgan fingerprint density at radius 3 is 0.947 bits per heavy atom. The first kappa shape index (κ1) is 70.6. The highest BCUT2D eigenvalue weighted by atomic mass is 16.5. The van der Waals surface area contributed by atoms with Crippen LogP contribution < -0.4 is 26.6 Å². The molecule has 0 unspecified atom stereocenters. The first-order chi connectivity index (χ1) is 36.4. The van der Waals surface area contributed by atoms with E-state index in [1.165, 1.54) is 77.6 Å². The highest BCUT2D eigenvalue weighted by Gasteiger charge is 2.21. The van der Waals surface area contributed by atoms with E-state index in [0.717, 1.165) is 38.5 Å². The number of carboxylic acids is 2. The van der Waals surface area contributed by atoms with Gasteiger partial charge in [0, 0.05) is 45.4 Å². The van der Waals surface area contributed by atoms with E-state index in [4.69, 9.17) is 43.0 Å². The topological polar surface area (TPSA) is 311 Å². The summed E-state index contributed by atoms with van der Waals surface area (Å²) in [5.41, 5.74) is 0. The molecule has 0 aliphatic heterocycles. The number of amides is 5. The molecule has 1 atom stereocenters. The van der Waals surface area contributed by atoms with Gasteiger partial charge < -0.3 is 74.7 Å². The number of nitrogens with one attached hydrogen (secondary N) is 5. The van der Waals surface area contributed by atoms with Crippen molar-refractivity contribution in [1.82, 2.24) is 26.6 Å². The van der Waals surface area contributed by atoms with Crippen LogP contribution >= 0.6 is 0 Å². The molecular weight excluding hydrogens is 983 g/mol. The molecule has 0 saturated carbocycles. The second-order valence-electron chi connectivity index (χ2n) is 18.0. The van der Waals surface area contributed by atoms with E-state index in [1.54, 1.807) is 0 Å². The van der Waals surface area contributed by atoms with Gasteiger partial charge in [-0.25, -0.2) is 4.79 Å². The van der Waals surface area contributed by atoms with Gasteiger partial charge in [0.25, 0.3) is 0 Å². The smallest absolute Gasteiger partial charge is 0.326 e. The molecule has 0 aliphatic rings. The minimum atomic E-state index is -1.18. The third-order valence-corrected chi connectivity index (χ3v) is 11.1. The van der Waals surface area contributed by atoms with Crippen molar-refractivity contribution in [3.63, 3.8) is 0 Å². The summed E-state index contributed by atoms with van der Waals surface area (Å²) in [6.45, 7) is 4.89. The zero-order valence-corrected chi connectivity index (χ0v) is 45.2. The summed E-state index contributed by atoms with van der Waals surface area (Å²) in [6.07, 6.45) is 21.0. The molecule has 436 valence electrons. The van der Waals surface area contributed by atoms with Gasteiger partial charge in [0.1, 0.15) is 32.5 Å². The van der Waals surface area contributed by atoms with Crippen LogP contribution in [0.4, 0.5) is 0 Å². The molecule has 0 bridgehead atoms. The Bertz CT molecular complexity index is 1480. The fraction of sp³-hybridized carbons (Fsp3) is 0.846. The van der Waals surface area contributed by atoms with Gasteiger partial charge in [0.15, 0.2) is 5.78 Å². The lowest BCUT2D eigenvalue weighted by Crippen LogP contribution is -2.41. The minimum Gasteiger partial charge on any atom is -0.481 e. The summed E-state index contributed by atoms with van der Waals surface area (Å²) >= 11 is 0. The number of ether oxygens (including phenoxy) is 8. The van der Waals surface area contributed by atoms with E-state index < -0.39 is 18.0 Å². The summed E-state index contributed by atoms with van der Waals surface area (Å²) in [4.78, 5) is 93.3. The third kappa shape index (κ3) is 55.7. The summed E-state index contributed by atoms with van der Waals surface area (Å²) in [5.74, 6) is -3.57. The van der Waals surface area contributed by atoms with Crippen LogP contribution in [0.2, 0.25) is 0 Å². The average Bonchev–Trinajstić information content (AvgIpc) is 3.37. The normalized spacial score (nSPS) is 11.5. The van der Waals surface area contributed by atoms with E-state index in [9.17, 15) is 43.5 Å². The van der Waals surface area contributed by atoms with Crippen molar-refractivity contribution in [2.75, 3.05) is 132 Å². The van der Waals surface area contributed by atoms with Crippen molar-refractivity contribution in [2.24, 2.45) is 0 Å². The summed E-state index contributed by atoms with van der Waals surface area (Å²) in [6, 6.07) is -1.15. The van der Waals surface area contributed by atoms with E-state index in [0.29, 0.717) is 32.8 Å². The van der Waals surface area contributed by atoms with Gasteiger partial charge in [0.2, 0.25) is 29.5 Å². The molecule has 0 fully saturated rings. The van der Waals surface area contributed by atoms with Gasteiger partial charge in [-0.05, 0) is 26.2 Å². The van der Waals surface area contributed by atoms with Crippen molar-refractivity contribution >= 4 is 47.3 Å². The van der Waals surface area contributed by atoms with Gasteiger partial charge >= 0.3 is 11.9 Å². The van der Waals surface area contributed by atoms with E-state index >= 15 is 0 Å². The average molecular weight is 1080 g/mol. The van der Waals surface area contributed by atoms with Crippen molar-refractivity contribution in [1.29, 1.82) is 0 Å². The number of aliphatic carboxylic acids is 2. The van der Waals surface area contributed by atoms with Crippen molar-refractivity contribution in [2.45, 2.75) is 154 Å². The standard InChI is InChI=1S/C52H95N5O18/c1-44(58)40-72-36-32-69-29-25-54-48(61)42-74-38-34-71-31-27-56-50(63)43-75-39-35-70-30-26-55-49(62)41-73-37-33-68-28-24-53-46(59)23-22-45(52(66)67)57-47(60)20-18-16-14-12-10-8-6-4-2-3-5-7-9-11-13-15-17-19-21-51(64)65/h45H,2-43H2,1H3,(H,53,59)(H,54,61)(H,55,62)(H,56,63)(H,57,60)(H,64,65)(H,66,67)/t45-/m0/s1. The SMILES string of the molecule is CC(=O)COCCOCCNC(=O)COCCOCCNC(=O)COCCOCCNC(=O)COCCOCCNC(=O)CC[C@H](NC(=O)CCCCCCCCCCCCCCCCCCCCC(=O)O)C(=O)O. The van der Waals surface area contributed by atoms with Crippen molar-refractivity contribution < 1.29 is 86.5 Å². The van der Waals surface area contributed by atoms with Crippen LogP contribution in [0.3, 0.4) is 0 Å². The number of carbonyl (C=O) groups excluding carboxylic acids is 6. The molecule has 0 rings (SSSR count). The Morgan fingerprint density at radius 2 is 0.627 bits per heavy atom. The van der Waals surface area contributed by atoms with Gasteiger partial charge in [-0.1, -0.05) is 103 Å². The molecule has 23 nitrogen and oxygen atoms in total. The van der Waals surface area contributed by atoms with Gasteiger partial charge in [-0.3, -0.25) is 33.6 Å². The summed E-state index contributed by atoms with van der Waals surface area (Å²) in [5, 5.41) is 31.4. The molecule has 0 radical (unpaired) electrons. The van der Waals surface area contributed by atoms with Crippen molar-refractivity contribution in [3.8, 4) is 0 Å². The molecule has 7 N–H and O–H groups in total. The number of carboxylic acid groups (broad SMARTS) is 2. The zero-order valence-electron chi connectivity index (χ0n) is 45.2. The Balaban J connectivity index is 3.58.